The first-order valence-electron chi connectivity index (χ1n) is 5.39. The molecule has 0 amide bonds. The van der Waals surface area contributed by atoms with Gasteiger partial charge in [-0.25, -0.2) is 4.39 Å². The number of halogens is 1. The molecular formula is C13H11FO2. The molecule has 0 radical (unpaired) electrons. The molecule has 0 bridgehead atoms. The molecule has 0 N–H and O–H groups in total. The summed E-state index contributed by atoms with van der Waals surface area (Å²) in [6.45, 7) is 1.85. The van der Waals surface area contributed by atoms with Gasteiger partial charge in [-0.05, 0) is 31.9 Å². The molecule has 82 valence electrons. The number of hydrogen-bond donors (Lipinski definition) is 0. The Labute approximate surface area is 92.1 Å². The molecule has 1 fully saturated rings. The quantitative estimate of drug-likeness (QED) is 0.722. The Morgan fingerprint density at radius 3 is 2.88 bits per heavy atom. The summed E-state index contributed by atoms with van der Waals surface area (Å²) in [6.07, 6.45) is 1.90. The Hall–Kier alpha value is -1.64. The van der Waals surface area contributed by atoms with Crippen molar-refractivity contribution in [1.29, 1.82) is 0 Å². The smallest absolute Gasteiger partial charge is 0.201 e. The summed E-state index contributed by atoms with van der Waals surface area (Å²) in [5.41, 5.74) is 1.29. The Morgan fingerprint density at radius 1 is 1.44 bits per heavy atom. The van der Waals surface area contributed by atoms with Gasteiger partial charge in [-0.1, -0.05) is 0 Å². The van der Waals surface area contributed by atoms with E-state index >= 15 is 0 Å². The number of aryl methyl sites for hydroxylation is 1. The molecule has 1 aliphatic rings. The van der Waals surface area contributed by atoms with Crippen LogP contribution >= 0.6 is 0 Å². The number of hydrogen-bond acceptors (Lipinski definition) is 2. The van der Waals surface area contributed by atoms with Crippen LogP contribution in [-0.4, -0.2) is 5.78 Å². The van der Waals surface area contributed by atoms with Crippen LogP contribution in [0.2, 0.25) is 0 Å². The SMILES string of the molecule is Cc1c(C(=O)C2CC2)oc2cc(F)ccc12. The lowest BCUT2D eigenvalue weighted by atomic mass is 10.1. The van der Waals surface area contributed by atoms with E-state index in [4.69, 9.17) is 4.42 Å². The maximum absolute atomic E-state index is 13.0. The van der Waals surface area contributed by atoms with Gasteiger partial charge in [0.2, 0.25) is 5.78 Å². The molecule has 1 heterocycles. The average Bonchev–Trinajstić information content (AvgIpc) is 3.04. The highest BCUT2D eigenvalue weighted by atomic mass is 19.1. The third kappa shape index (κ3) is 1.35. The van der Waals surface area contributed by atoms with Crippen LogP contribution < -0.4 is 0 Å². The molecule has 1 saturated carbocycles. The van der Waals surface area contributed by atoms with E-state index < -0.39 is 0 Å². The summed E-state index contributed by atoms with van der Waals surface area (Å²) in [4.78, 5) is 11.9. The van der Waals surface area contributed by atoms with Crippen molar-refractivity contribution in [3.63, 3.8) is 0 Å². The van der Waals surface area contributed by atoms with E-state index in [1.54, 1.807) is 6.07 Å². The lowest BCUT2D eigenvalue weighted by Crippen LogP contribution is -2.00. The summed E-state index contributed by atoms with van der Waals surface area (Å²) in [7, 11) is 0. The van der Waals surface area contributed by atoms with Crippen LogP contribution in [0.4, 0.5) is 4.39 Å². The summed E-state index contributed by atoms with van der Waals surface area (Å²) in [5, 5.41) is 0.824. The van der Waals surface area contributed by atoms with Crippen LogP contribution in [0.3, 0.4) is 0 Å². The van der Waals surface area contributed by atoms with Crippen LogP contribution in [0.1, 0.15) is 29.0 Å². The fourth-order valence-corrected chi connectivity index (χ4v) is 1.97. The van der Waals surface area contributed by atoms with Crippen LogP contribution in [0.25, 0.3) is 11.0 Å². The molecule has 16 heavy (non-hydrogen) atoms. The number of carbonyl (C=O) groups excluding carboxylic acids is 1. The van der Waals surface area contributed by atoms with Gasteiger partial charge in [0.25, 0.3) is 0 Å². The predicted octanol–water partition coefficient (Wildman–Crippen LogP) is 3.47. The fraction of sp³-hybridized carbons (Fsp3) is 0.308. The van der Waals surface area contributed by atoms with E-state index in [0.717, 1.165) is 23.8 Å². The van der Waals surface area contributed by atoms with Gasteiger partial charge in [-0.15, -0.1) is 0 Å². The zero-order valence-electron chi connectivity index (χ0n) is 8.92. The lowest BCUT2D eigenvalue weighted by molar-refractivity contribution is 0.0941. The van der Waals surface area contributed by atoms with E-state index in [1.807, 2.05) is 6.92 Å². The molecule has 3 heteroatoms. The monoisotopic (exact) mass is 218 g/mol. The maximum atomic E-state index is 13.0. The Kier molecular flexibility index (Phi) is 1.90. The van der Waals surface area contributed by atoms with Gasteiger partial charge < -0.3 is 4.42 Å². The molecule has 2 nitrogen and oxygen atoms in total. The molecule has 0 aliphatic heterocycles. The average molecular weight is 218 g/mol. The molecule has 0 saturated heterocycles. The first-order valence-corrected chi connectivity index (χ1v) is 5.39. The normalized spacial score (nSPS) is 15.6. The van der Waals surface area contributed by atoms with E-state index in [1.165, 1.54) is 12.1 Å². The molecule has 0 unspecified atom stereocenters. The van der Waals surface area contributed by atoms with Gasteiger partial charge in [-0.3, -0.25) is 4.79 Å². The van der Waals surface area contributed by atoms with Crippen molar-refractivity contribution in [3.8, 4) is 0 Å². The molecule has 1 aromatic carbocycles. The number of fused-ring (bicyclic) bond motifs is 1. The van der Waals surface area contributed by atoms with Crippen molar-refractivity contribution in [3.05, 3.63) is 35.3 Å². The van der Waals surface area contributed by atoms with Gasteiger partial charge in [0, 0.05) is 22.9 Å². The minimum Gasteiger partial charge on any atom is -0.453 e. The third-order valence-corrected chi connectivity index (χ3v) is 3.07. The molecule has 0 atom stereocenters. The highest BCUT2D eigenvalue weighted by molar-refractivity contribution is 6.02. The number of ketones is 1. The van der Waals surface area contributed by atoms with Gasteiger partial charge in [-0.2, -0.15) is 0 Å². The standard InChI is InChI=1S/C13H11FO2/c1-7-10-5-4-9(14)6-11(10)16-13(7)12(15)8-2-3-8/h4-6,8H,2-3H2,1H3. The summed E-state index contributed by atoms with van der Waals surface area (Å²) < 4.78 is 18.5. The van der Waals surface area contributed by atoms with Crippen molar-refractivity contribution in [2.24, 2.45) is 5.92 Å². The predicted molar refractivity (Wildman–Crippen MR) is 58.0 cm³/mol. The van der Waals surface area contributed by atoms with Crippen molar-refractivity contribution in [1.82, 2.24) is 0 Å². The van der Waals surface area contributed by atoms with Crippen LogP contribution in [0, 0.1) is 18.7 Å². The van der Waals surface area contributed by atoms with Gasteiger partial charge in [0.05, 0.1) is 0 Å². The topological polar surface area (TPSA) is 30.2 Å². The second-order valence-electron chi connectivity index (χ2n) is 4.34. The Balaban J connectivity index is 2.18. The van der Waals surface area contributed by atoms with E-state index in [-0.39, 0.29) is 17.5 Å². The van der Waals surface area contributed by atoms with E-state index in [0.29, 0.717) is 11.3 Å². The van der Waals surface area contributed by atoms with Crippen LogP contribution in [-0.2, 0) is 0 Å². The summed E-state index contributed by atoms with van der Waals surface area (Å²) in [6, 6.07) is 4.37. The maximum Gasteiger partial charge on any atom is 0.201 e. The second-order valence-corrected chi connectivity index (χ2v) is 4.34. The Bertz CT molecular complexity index is 579. The van der Waals surface area contributed by atoms with Crippen LogP contribution in [0.5, 0.6) is 0 Å². The number of furan rings is 1. The van der Waals surface area contributed by atoms with Crippen LogP contribution in [0.15, 0.2) is 22.6 Å². The third-order valence-electron chi connectivity index (χ3n) is 3.07. The molecular weight excluding hydrogens is 207 g/mol. The van der Waals surface area contributed by atoms with Gasteiger partial charge in [0.15, 0.2) is 5.76 Å². The molecule has 2 aromatic rings. The minimum absolute atomic E-state index is 0.0640. The first-order chi connectivity index (χ1) is 7.66. The zero-order chi connectivity index (χ0) is 11.3. The molecule has 3 rings (SSSR count). The van der Waals surface area contributed by atoms with E-state index in [2.05, 4.69) is 0 Å². The molecule has 1 aliphatic carbocycles. The zero-order valence-corrected chi connectivity index (χ0v) is 8.92. The molecule has 0 spiro atoms. The van der Waals surface area contributed by atoms with Gasteiger partial charge >= 0.3 is 0 Å². The van der Waals surface area contributed by atoms with Crippen molar-refractivity contribution >= 4 is 16.8 Å². The minimum atomic E-state index is -0.341. The number of rotatable bonds is 2. The number of Topliss-reactive ketones (excluding diaryl/α,β-unsaturated/α-hetero) is 1. The number of benzene rings is 1. The highest BCUT2D eigenvalue weighted by Gasteiger charge is 2.33. The first kappa shape index (κ1) is 9.58. The largest absolute Gasteiger partial charge is 0.453 e. The van der Waals surface area contributed by atoms with Crippen molar-refractivity contribution in [2.45, 2.75) is 19.8 Å². The van der Waals surface area contributed by atoms with Gasteiger partial charge in [0.1, 0.15) is 11.4 Å². The summed E-state index contributed by atoms with van der Waals surface area (Å²) in [5.74, 6) is 0.257. The van der Waals surface area contributed by atoms with Crippen molar-refractivity contribution < 1.29 is 13.6 Å². The lowest BCUT2D eigenvalue weighted by Gasteiger charge is -1.93. The summed E-state index contributed by atoms with van der Waals surface area (Å²) >= 11 is 0. The highest BCUT2D eigenvalue weighted by Crippen LogP contribution is 2.36. The number of carbonyl (C=O) groups is 1. The Morgan fingerprint density at radius 2 is 2.19 bits per heavy atom. The second kappa shape index (κ2) is 3.17. The fourth-order valence-electron chi connectivity index (χ4n) is 1.97. The molecule has 1 aromatic heterocycles. The van der Waals surface area contributed by atoms with Crippen molar-refractivity contribution in [2.75, 3.05) is 0 Å². The van der Waals surface area contributed by atoms with E-state index in [9.17, 15) is 9.18 Å².